The summed E-state index contributed by atoms with van der Waals surface area (Å²) in [6.07, 6.45) is 7.55. The minimum atomic E-state index is -0.511. The van der Waals surface area contributed by atoms with E-state index in [4.69, 9.17) is 4.74 Å². The van der Waals surface area contributed by atoms with Crippen molar-refractivity contribution < 1.29 is 19.1 Å². The molecular formula is C12H18O4. The van der Waals surface area contributed by atoms with Crippen LogP contribution < -0.4 is 0 Å². The predicted octanol–water partition coefficient (Wildman–Crippen LogP) is 1.98. The first-order chi connectivity index (χ1) is 7.72. The molecule has 4 nitrogen and oxygen atoms in total. The molecule has 0 aliphatic heterocycles. The maximum Gasteiger partial charge on any atom is 0.331 e. The van der Waals surface area contributed by atoms with Gasteiger partial charge in [0.25, 0.3) is 0 Å². The minimum Gasteiger partial charge on any atom is -0.463 e. The Labute approximate surface area is 95.6 Å². The molecule has 90 valence electrons. The molecule has 4 heteroatoms. The highest BCUT2D eigenvalue weighted by Gasteiger charge is 2.16. The summed E-state index contributed by atoms with van der Waals surface area (Å²) in [6, 6.07) is 0. The fourth-order valence-electron chi connectivity index (χ4n) is 1.71. The molecule has 1 saturated carbocycles. The average Bonchev–Trinajstić information content (AvgIpc) is 2.28. The highest BCUT2D eigenvalue weighted by atomic mass is 16.5. The Balaban J connectivity index is 2.26. The Bertz CT molecular complexity index is 264. The van der Waals surface area contributed by atoms with Crippen LogP contribution in [-0.4, -0.2) is 24.6 Å². The maximum absolute atomic E-state index is 11.3. The van der Waals surface area contributed by atoms with Gasteiger partial charge < -0.3 is 9.47 Å². The highest BCUT2D eigenvalue weighted by Crippen LogP contribution is 2.20. The quantitative estimate of drug-likeness (QED) is 0.543. The van der Waals surface area contributed by atoms with Gasteiger partial charge in [0.15, 0.2) is 0 Å². The van der Waals surface area contributed by atoms with Crippen LogP contribution in [0.4, 0.5) is 0 Å². The van der Waals surface area contributed by atoms with Gasteiger partial charge in [-0.05, 0) is 32.6 Å². The van der Waals surface area contributed by atoms with Gasteiger partial charge in [0.2, 0.25) is 0 Å². The van der Waals surface area contributed by atoms with Gasteiger partial charge >= 0.3 is 11.9 Å². The number of ether oxygens (including phenoxy) is 2. The van der Waals surface area contributed by atoms with Gasteiger partial charge in [-0.2, -0.15) is 0 Å². The second kappa shape index (κ2) is 7.04. The lowest BCUT2D eigenvalue weighted by molar-refractivity contribution is -0.145. The fraction of sp³-hybridized carbons (Fsp3) is 0.667. The van der Waals surface area contributed by atoms with E-state index < -0.39 is 11.9 Å². The van der Waals surface area contributed by atoms with Gasteiger partial charge in [0, 0.05) is 12.2 Å². The summed E-state index contributed by atoms with van der Waals surface area (Å²) >= 11 is 0. The molecule has 0 saturated heterocycles. The zero-order chi connectivity index (χ0) is 11.8. The van der Waals surface area contributed by atoms with Crippen molar-refractivity contribution in [1.82, 2.24) is 0 Å². The molecule has 0 heterocycles. The third kappa shape index (κ3) is 4.96. The summed E-state index contributed by atoms with van der Waals surface area (Å²) in [6.45, 7) is 2.02. The SMILES string of the molecule is CCOC(=O)C=CC(=O)OC1CCCCC1. The van der Waals surface area contributed by atoms with Crippen molar-refractivity contribution in [2.75, 3.05) is 6.61 Å². The van der Waals surface area contributed by atoms with Crippen molar-refractivity contribution in [2.24, 2.45) is 0 Å². The summed E-state index contributed by atoms with van der Waals surface area (Å²) in [7, 11) is 0. The van der Waals surface area contributed by atoms with Gasteiger partial charge in [-0.3, -0.25) is 0 Å². The molecule has 16 heavy (non-hydrogen) atoms. The third-order valence-electron chi connectivity index (χ3n) is 2.48. The monoisotopic (exact) mass is 226 g/mol. The molecule has 1 aliphatic rings. The molecule has 0 amide bonds. The Morgan fingerprint density at radius 3 is 2.38 bits per heavy atom. The first-order valence-electron chi connectivity index (χ1n) is 5.78. The van der Waals surface area contributed by atoms with Crippen LogP contribution in [0, 0.1) is 0 Å². The largest absolute Gasteiger partial charge is 0.463 e. The Hall–Kier alpha value is -1.32. The van der Waals surface area contributed by atoms with Crippen molar-refractivity contribution >= 4 is 11.9 Å². The van der Waals surface area contributed by atoms with Crippen molar-refractivity contribution in [1.29, 1.82) is 0 Å². The van der Waals surface area contributed by atoms with Gasteiger partial charge in [-0.15, -0.1) is 0 Å². The molecule has 0 aromatic carbocycles. The molecule has 0 bridgehead atoms. The van der Waals surface area contributed by atoms with E-state index in [2.05, 4.69) is 4.74 Å². The number of carbonyl (C=O) groups excluding carboxylic acids is 2. The second-order valence-corrected chi connectivity index (χ2v) is 3.78. The van der Waals surface area contributed by atoms with Crippen LogP contribution in [0.15, 0.2) is 12.2 Å². The molecule has 1 fully saturated rings. The topological polar surface area (TPSA) is 52.6 Å². The normalized spacial score (nSPS) is 17.3. The van der Waals surface area contributed by atoms with Crippen molar-refractivity contribution in [3.63, 3.8) is 0 Å². The predicted molar refractivity (Wildman–Crippen MR) is 58.7 cm³/mol. The summed E-state index contributed by atoms with van der Waals surface area (Å²) in [5.74, 6) is -0.969. The van der Waals surface area contributed by atoms with Crippen LogP contribution in [0.2, 0.25) is 0 Å². The lowest BCUT2D eigenvalue weighted by Gasteiger charge is -2.20. The summed E-state index contributed by atoms with van der Waals surface area (Å²) in [4.78, 5) is 22.2. The van der Waals surface area contributed by atoms with Crippen LogP contribution in [0.25, 0.3) is 0 Å². The van der Waals surface area contributed by atoms with Crippen molar-refractivity contribution in [2.45, 2.75) is 45.1 Å². The molecule has 0 unspecified atom stereocenters. The van der Waals surface area contributed by atoms with E-state index in [1.807, 2.05) is 0 Å². The molecule has 0 aromatic rings. The molecule has 0 atom stereocenters. The lowest BCUT2D eigenvalue weighted by Crippen LogP contribution is -2.19. The van der Waals surface area contributed by atoms with Crippen molar-refractivity contribution in [3.8, 4) is 0 Å². The first-order valence-corrected chi connectivity index (χ1v) is 5.78. The van der Waals surface area contributed by atoms with E-state index >= 15 is 0 Å². The van der Waals surface area contributed by atoms with Crippen molar-refractivity contribution in [3.05, 3.63) is 12.2 Å². The highest BCUT2D eigenvalue weighted by molar-refractivity contribution is 5.91. The zero-order valence-electron chi connectivity index (χ0n) is 9.61. The van der Waals surface area contributed by atoms with E-state index in [1.165, 1.54) is 6.42 Å². The van der Waals surface area contributed by atoms with Gasteiger partial charge in [0.1, 0.15) is 6.10 Å². The van der Waals surface area contributed by atoms with Crippen LogP contribution in [0.3, 0.4) is 0 Å². The molecule has 0 spiro atoms. The number of rotatable bonds is 4. The van der Waals surface area contributed by atoms with E-state index in [-0.39, 0.29) is 6.10 Å². The Morgan fingerprint density at radius 2 is 1.75 bits per heavy atom. The fourth-order valence-corrected chi connectivity index (χ4v) is 1.71. The lowest BCUT2D eigenvalue weighted by atomic mass is 9.98. The van der Waals surface area contributed by atoms with E-state index in [9.17, 15) is 9.59 Å². The van der Waals surface area contributed by atoms with Crippen LogP contribution in [-0.2, 0) is 19.1 Å². The second-order valence-electron chi connectivity index (χ2n) is 3.78. The molecule has 1 rings (SSSR count). The number of carbonyl (C=O) groups is 2. The van der Waals surface area contributed by atoms with Gasteiger partial charge in [-0.25, -0.2) is 9.59 Å². The molecule has 1 aliphatic carbocycles. The van der Waals surface area contributed by atoms with Gasteiger partial charge in [-0.1, -0.05) is 6.42 Å². The third-order valence-corrected chi connectivity index (χ3v) is 2.48. The smallest absolute Gasteiger partial charge is 0.331 e. The average molecular weight is 226 g/mol. The minimum absolute atomic E-state index is 0.0214. The summed E-state index contributed by atoms with van der Waals surface area (Å²) < 4.78 is 9.84. The molecule has 0 N–H and O–H groups in total. The standard InChI is InChI=1S/C12H18O4/c1-2-15-11(13)8-9-12(14)16-10-6-4-3-5-7-10/h8-10H,2-7H2,1H3. The van der Waals surface area contributed by atoms with E-state index in [0.717, 1.165) is 37.8 Å². The van der Waals surface area contributed by atoms with Crippen LogP contribution in [0.1, 0.15) is 39.0 Å². The van der Waals surface area contributed by atoms with Crippen LogP contribution in [0.5, 0.6) is 0 Å². The van der Waals surface area contributed by atoms with E-state index in [1.54, 1.807) is 6.92 Å². The van der Waals surface area contributed by atoms with Crippen LogP contribution >= 0.6 is 0 Å². The molecule has 0 aromatic heterocycles. The first kappa shape index (κ1) is 12.7. The Morgan fingerprint density at radius 1 is 1.12 bits per heavy atom. The van der Waals surface area contributed by atoms with E-state index in [0.29, 0.717) is 6.61 Å². The molecular weight excluding hydrogens is 208 g/mol. The summed E-state index contributed by atoms with van der Waals surface area (Å²) in [5, 5.41) is 0. The number of hydrogen-bond donors (Lipinski definition) is 0. The Kier molecular flexibility index (Phi) is 5.61. The zero-order valence-corrected chi connectivity index (χ0v) is 9.61. The summed E-state index contributed by atoms with van der Waals surface area (Å²) in [5.41, 5.74) is 0. The molecule has 0 radical (unpaired) electrons. The maximum atomic E-state index is 11.3. The number of esters is 2. The number of hydrogen-bond acceptors (Lipinski definition) is 4. The van der Waals surface area contributed by atoms with Gasteiger partial charge in [0.05, 0.1) is 6.61 Å².